The molecule has 0 aliphatic rings. The first kappa shape index (κ1) is 16.9. The van der Waals surface area contributed by atoms with E-state index in [1.54, 1.807) is 24.3 Å². The zero-order valence-corrected chi connectivity index (χ0v) is 13.9. The fourth-order valence-electron chi connectivity index (χ4n) is 2.21. The molecule has 0 aliphatic heterocycles. The van der Waals surface area contributed by atoms with Crippen LogP contribution in [-0.2, 0) is 0 Å². The van der Waals surface area contributed by atoms with Gasteiger partial charge in [0.25, 0.3) is 5.91 Å². The normalized spacial score (nSPS) is 10.4. The Labute approximate surface area is 148 Å². The SMILES string of the molecule is COc1ccc(NC(=O)c2ccc(-c3ncccc3Cl)c(F)c2)cn1. The van der Waals surface area contributed by atoms with Crippen molar-refractivity contribution in [3.05, 3.63) is 71.3 Å². The van der Waals surface area contributed by atoms with E-state index in [9.17, 15) is 9.18 Å². The standard InChI is InChI=1S/C18H13ClFN3O2/c1-25-16-7-5-12(10-22-16)23-18(24)11-4-6-13(15(20)9-11)17-14(19)3-2-8-21-17/h2-10H,1H3,(H,23,24). The van der Waals surface area contributed by atoms with Gasteiger partial charge in [0.2, 0.25) is 5.88 Å². The van der Waals surface area contributed by atoms with E-state index in [0.29, 0.717) is 22.3 Å². The van der Waals surface area contributed by atoms with E-state index in [0.717, 1.165) is 6.07 Å². The van der Waals surface area contributed by atoms with E-state index in [2.05, 4.69) is 15.3 Å². The Morgan fingerprint density at radius 1 is 1.20 bits per heavy atom. The van der Waals surface area contributed by atoms with E-state index < -0.39 is 11.7 Å². The maximum atomic E-state index is 14.4. The lowest BCUT2D eigenvalue weighted by Crippen LogP contribution is -2.12. The molecule has 0 saturated carbocycles. The van der Waals surface area contributed by atoms with Crippen molar-refractivity contribution in [2.75, 3.05) is 12.4 Å². The van der Waals surface area contributed by atoms with Gasteiger partial charge in [-0.2, -0.15) is 0 Å². The molecule has 0 bridgehead atoms. The van der Waals surface area contributed by atoms with Crippen molar-refractivity contribution in [3.63, 3.8) is 0 Å². The van der Waals surface area contributed by atoms with Crippen LogP contribution in [-0.4, -0.2) is 23.0 Å². The highest BCUT2D eigenvalue weighted by Crippen LogP contribution is 2.28. The molecule has 1 amide bonds. The summed E-state index contributed by atoms with van der Waals surface area (Å²) in [5.41, 5.74) is 1.20. The van der Waals surface area contributed by atoms with Gasteiger partial charge in [-0.3, -0.25) is 9.78 Å². The number of aromatic nitrogens is 2. The first-order valence-electron chi connectivity index (χ1n) is 7.30. The number of carbonyl (C=O) groups excluding carboxylic acids is 1. The van der Waals surface area contributed by atoms with Gasteiger partial charge < -0.3 is 10.1 Å². The summed E-state index contributed by atoms with van der Waals surface area (Å²) in [6.07, 6.45) is 2.98. The van der Waals surface area contributed by atoms with Crippen LogP contribution in [0.2, 0.25) is 5.02 Å². The molecule has 126 valence electrons. The third-order valence-corrected chi connectivity index (χ3v) is 3.75. The van der Waals surface area contributed by atoms with Crippen molar-refractivity contribution >= 4 is 23.2 Å². The van der Waals surface area contributed by atoms with Crippen LogP contribution in [0.4, 0.5) is 10.1 Å². The molecule has 2 aromatic heterocycles. The highest BCUT2D eigenvalue weighted by Gasteiger charge is 2.14. The Morgan fingerprint density at radius 2 is 2.04 bits per heavy atom. The fourth-order valence-corrected chi connectivity index (χ4v) is 2.43. The lowest BCUT2D eigenvalue weighted by atomic mass is 10.1. The number of rotatable bonds is 4. The summed E-state index contributed by atoms with van der Waals surface area (Å²) in [5.74, 6) is -0.605. The van der Waals surface area contributed by atoms with Gasteiger partial charge in [-0.15, -0.1) is 0 Å². The summed E-state index contributed by atoms with van der Waals surface area (Å²) in [6.45, 7) is 0. The third-order valence-electron chi connectivity index (χ3n) is 3.45. The number of pyridine rings is 2. The van der Waals surface area contributed by atoms with E-state index in [1.807, 2.05) is 0 Å². The topological polar surface area (TPSA) is 64.1 Å². The third kappa shape index (κ3) is 3.75. The molecule has 1 aromatic carbocycles. The number of methoxy groups -OCH3 is 1. The molecule has 0 saturated heterocycles. The van der Waals surface area contributed by atoms with Crippen molar-refractivity contribution in [3.8, 4) is 17.1 Å². The lowest BCUT2D eigenvalue weighted by Gasteiger charge is -2.08. The molecule has 3 aromatic rings. The first-order chi connectivity index (χ1) is 12.1. The molecule has 2 heterocycles. The average Bonchev–Trinajstić information content (AvgIpc) is 2.63. The number of hydrogen-bond acceptors (Lipinski definition) is 4. The van der Waals surface area contributed by atoms with Crippen LogP contribution in [0.5, 0.6) is 5.88 Å². The summed E-state index contributed by atoms with van der Waals surface area (Å²) in [4.78, 5) is 20.3. The number of hydrogen-bond donors (Lipinski definition) is 1. The molecule has 0 spiro atoms. The van der Waals surface area contributed by atoms with Crippen molar-refractivity contribution < 1.29 is 13.9 Å². The number of benzene rings is 1. The summed E-state index contributed by atoms with van der Waals surface area (Å²) >= 11 is 6.04. The maximum absolute atomic E-state index is 14.4. The first-order valence-corrected chi connectivity index (χ1v) is 7.68. The van der Waals surface area contributed by atoms with Gasteiger partial charge in [-0.1, -0.05) is 11.6 Å². The smallest absolute Gasteiger partial charge is 0.255 e. The number of halogens is 2. The maximum Gasteiger partial charge on any atom is 0.255 e. The van der Waals surface area contributed by atoms with Crippen molar-refractivity contribution in [1.82, 2.24) is 9.97 Å². The van der Waals surface area contributed by atoms with Gasteiger partial charge in [-0.05, 0) is 36.4 Å². The Hall–Kier alpha value is -2.99. The van der Waals surface area contributed by atoms with Crippen molar-refractivity contribution in [2.45, 2.75) is 0 Å². The van der Waals surface area contributed by atoms with Crippen LogP contribution in [0, 0.1) is 5.82 Å². The molecular weight excluding hydrogens is 345 g/mol. The van der Waals surface area contributed by atoms with Gasteiger partial charge in [0, 0.05) is 23.4 Å². The van der Waals surface area contributed by atoms with Crippen molar-refractivity contribution in [2.24, 2.45) is 0 Å². The minimum absolute atomic E-state index is 0.170. The van der Waals surface area contributed by atoms with E-state index in [-0.39, 0.29) is 11.1 Å². The number of anilines is 1. The number of nitrogens with one attached hydrogen (secondary N) is 1. The van der Waals surface area contributed by atoms with Crippen LogP contribution < -0.4 is 10.1 Å². The lowest BCUT2D eigenvalue weighted by molar-refractivity contribution is 0.102. The van der Waals surface area contributed by atoms with E-state index >= 15 is 0 Å². The molecule has 0 radical (unpaired) electrons. The molecule has 0 unspecified atom stereocenters. The molecule has 1 N–H and O–H groups in total. The number of nitrogens with zero attached hydrogens (tertiary/aromatic N) is 2. The quantitative estimate of drug-likeness (QED) is 0.760. The number of amides is 1. The summed E-state index contributed by atoms with van der Waals surface area (Å²) in [6, 6.07) is 10.7. The number of ether oxygens (including phenoxy) is 1. The van der Waals surface area contributed by atoms with Gasteiger partial charge in [-0.25, -0.2) is 9.37 Å². The van der Waals surface area contributed by atoms with E-state index in [4.69, 9.17) is 16.3 Å². The minimum Gasteiger partial charge on any atom is -0.481 e. The predicted molar refractivity (Wildman–Crippen MR) is 93.4 cm³/mol. The predicted octanol–water partition coefficient (Wildman–Crippen LogP) is 4.20. The monoisotopic (exact) mass is 357 g/mol. The van der Waals surface area contributed by atoms with Crippen LogP contribution in [0.15, 0.2) is 54.9 Å². The highest BCUT2D eigenvalue weighted by molar-refractivity contribution is 6.33. The average molecular weight is 358 g/mol. The molecule has 0 fully saturated rings. The second kappa shape index (κ2) is 7.27. The molecular formula is C18H13ClFN3O2. The number of carbonyl (C=O) groups is 1. The highest BCUT2D eigenvalue weighted by atomic mass is 35.5. The zero-order chi connectivity index (χ0) is 17.8. The summed E-state index contributed by atoms with van der Waals surface area (Å²) in [5, 5.41) is 2.98. The van der Waals surface area contributed by atoms with E-state index in [1.165, 1.54) is 31.6 Å². The minimum atomic E-state index is -0.582. The Balaban J connectivity index is 1.82. The molecule has 3 rings (SSSR count). The zero-order valence-electron chi connectivity index (χ0n) is 13.2. The largest absolute Gasteiger partial charge is 0.481 e. The Kier molecular flexibility index (Phi) is 4.90. The van der Waals surface area contributed by atoms with Crippen LogP contribution in [0.3, 0.4) is 0 Å². The molecule has 0 atom stereocenters. The van der Waals surface area contributed by atoms with Crippen LogP contribution in [0.1, 0.15) is 10.4 Å². The van der Waals surface area contributed by atoms with Gasteiger partial charge >= 0.3 is 0 Å². The van der Waals surface area contributed by atoms with Gasteiger partial charge in [0.05, 0.1) is 29.7 Å². The summed E-state index contributed by atoms with van der Waals surface area (Å²) in [7, 11) is 1.50. The van der Waals surface area contributed by atoms with Gasteiger partial charge in [0.1, 0.15) is 5.82 Å². The molecule has 0 aliphatic carbocycles. The molecule has 7 heteroatoms. The molecule has 25 heavy (non-hydrogen) atoms. The second-order valence-electron chi connectivity index (χ2n) is 5.07. The van der Waals surface area contributed by atoms with Gasteiger partial charge in [0.15, 0.2) is 0 Å². The Morgan fingerprint density at radius 3 is 2.68 bits per heavy atom. The Bertz CT molecular complexity index is 916. The fraction of sp³-hybridized carbons (Fsp3) is 0.0556. The van der Waals surface area contributed by atoms with Crippen LogP contribution in [0.25, 0.3) is 11.3 Å². The second-order valence-corrected chi connectivity index (χ2v) is 5.48. The molecule has 5 nitrogen and oxygen atoms in total. The summed E-state index contributed by atoms with van der Waals surface area (Å²) < 4.78 is 19.4. The van der Waals surface area contributed by atoms with Crippen LogP contribution >= 0.6 is 11.6 Å². The van der Waals surface area contributed by atoms with Crippen molar-refractivity contribution in [1.29, 1.82) is 0 Å².